The summed E-state index contributed by atoms with van der Waals surface area (Å²) in [4.78, 5) is 6.02. The number of hydrogen-bond donors (Lipinski definition) is 0. The minimum Gasteiger partial charge on any atom is -0.378 e. The maximum atomic E-state index is 4.55. The second kappa shape index (κ2) is 8.99. The van der Waals surface area contributed by atoms with E-state index >= 15 is 0 Å². The number of rotatable bonds is 7. The van der Waals surface area contributed by atoms with Gasteiger partial charge in [-0.15, -0.1) is 0 Å². The summed E-state index contributed by atoms with van der Waals surface area (Å²) in [6.45, 7) is 1.68. The lowest BCUT2D eigenvalue weighted by atomic mass is 10.1. The number of aryl methyl sites for hydroxylation is 1. The van der Waals surface area contributed by atoms with Crippen LogP contribution in [0.2, 0.25) is 0 Å². The van der Waals surface area contributed by atoms with Crippen LogP contribution in [-0.4, -0.2) is 25.8 Å². The summed E-state index contributed by atoms with van der Waals surface area (Å²) in [7, 11) is 4.09. The smallest absolute Gasteiger partial charge is 0.169 e. The quantitative estimate of drug-likeness (QED) is 0.335. The molecule has 1 heterocycles. The van der Waals surface area contributed by atoms with Crippen molar-refractivity contribution in [1.29, 1.82) is 0 Å². The highest BCUT2D eigenvalue weighted by atomic mass is 32.1. The first-order chi connectivity index (χ1) is 11.2. The minimum atomic E-state index is 0.737. The maximum Gasteiger partial charge on any atom is 0.169 e. The molecule has 0 saturated carbocycles. The van der Waals surface area contributed by atoms with Crippen LogP contribution in [-0.2, 0) is 6.54 Å². The van der Waals surface area contributed by atoms with Gasteiger partial charge in [-0.3, -0.25) is 0 Å². The SMILES string of the molecule is CN(C)c1ccc(C=Cc2cc[n+](CCCN=C=S)cc2)cc1. The molecule has 0 aliphatic carbocycles. The van der Waals surface area contributed by atoms with Gasteiger partial charge >= 0.3 is 0 Å². The van der Waals surface area contributed by atoms with Crippen molar-refractivity contribution in [3.05, 3.63) is 59.9 Å². The molecule has 0 amide bonds. The Hall–Kier alpha value is -2.29. The summed E-state index contributed by atoms with van der Waals surface area (Å²) in [5.74, 6) is 0. The molecule has 3 nitrogen and oxygen atoms in total. The van der Waals surface area contributed by atoms with E-state index in [1.807, 2.05) is 14.1 Å². The van der Waals surface area contributed by atoms with E-state index in [4.69, 9.17) is 0 Å². The predicted molar refractivity (Wildman–Crippen MR) is 101 cm³/mol. The van der Waals surface area contributed by atoms with Gasteiger partial charge in [0.15, 0.2) is 12.4 Å². The van der Waals surface area contributed by atoms with Crippen molar-refractivity contribution in [1.82, 2.24) is 0 Å². The van der Waals surface area contributed by atoms with Crippen molar-refractivity contribution in [3.63, 3.8) is 0 Å². The van der Waals surface area contributed by atoms with E-state index in [2.05, 4.69) is 92.8 Å². The molecular weight excluding hydrogens is 302 g/mol. The number of pyridine rings is 1. The number of anilines is 1. The molecule has 0 radical (unpaired) electrons. The Kier molecular flexibility index (Phi) is 6.67. The van der Waals surface area contributed by atoms with Gasteiger partial charge in [0.05, 0.1) is 11.7 Å². The molecule has 0 bridgehead atoms. The Morgan fingerprint density at radius 3 is 2.22 bits per heavy atom. The van der Waals surface area contributed by atoms with E-state index < -0.39 is 0 Å². The largest absolute Gasteiger partial charge is 0.378 e. The number of aromatic nitrogens is 1. The summed E-state index contributed by atoms with van der Waals surface area (Å²) in [6, 6.07) is 12.8. The van der Waals surface area contributed by atoms with Crippen LogP contribution in [0.3, 0.4) is 0 Å². The van der Waals surface area contributed by atoms with Crippen LogP contribution in [0.4, 0.5) is 5.69 Å². The number of isothiocyanates is 1. The van der Waals surface area contributed by atoms with Crippen LogP contribution in [0.1, 0.15) is 17.5 Å². The van der Waals surface area contributed by atoms with E-state index in [0.717, 1.165) is 19.5 Å². The lowest BCUT2D eigenvalue weighted by molar-refractivity contribution is -0.697. The topological polar surface area (TPSA) is 19.5 Å². The van der Waals surface area contributed by atoms with E-state index in [-0.39, 0.29) is 0 Å². The molecule has 1 aromatic heterocycles. The Morgan fingerprint density at radius 2 is 1.65 bits per heavy atom. The first-order valence-electron chi connectivity index (χ1n) is 7.67. The lowest BCUT2D eigenvalue weighted by Gasteiger charge is -2.11. The molecule has 0 aliphatic rings. The van der Waals surface area contributed by atoms with Crippen LogP contribution in [0, 0.1) is 0 Å². The highest BCUT2D eigenvalue weighted by molar-refractivity contribution is 7.78. The molecule has 0 spiro atoms. The van der Waals surface area contributed by atoms with Crippen molar-refractivity contribution in [3.8, 4) is 0 Å². The van der Waals surface area contributed by atoms with Crippen molar-refractivity contribution < 1.29 is 4.57 Å². The van der Waals surface area contributed by atoms with Crippen LogP contribution in [0.25, 0.3) is 12.2 Å². The van der Waals surface area contributed by atoms with Gasteiger partial charge in [-0.25, -0.2) is 9.56 Å². The molecule has 0 atom stereocenters. The zero-order valence-electron chi connectivity index (χ0n) is 13.6. The summed E-state index contributed by atoms with van der Waals surface area (Å²) < 4.78 is 2.15. The third-order valence-electron chi connectivity index (χ3n) is 3.55. The molecule has 0 N–H and O–H groups in total. The van der Waals surface area contributed by atoms with Crippen molar-refractivity contribution in [2.24, 2.45) is 4.99 Å². The molecule has 0 aliphatic heterocycles. The highest BCUT2D eigenvalue weighted by Gasteiger charge is 1.99. The monoisotopic (exact) mass is 324 g/mol. The molecule has 2 aromatic rings. The van der Waals surface area contributed by atoms with Gasteiger partial charge in [-0.05, 0) is 35.5 Å². The molecule has 2 rings (SSSR count). The van der Waals surface area contributed by atoms with Crippen LogP contribution < -0.4 is 9.47 Å². The zero-order valence-corrected chi connectivity index (χ0v) is 14.5. The third kappa shape index (κ3) is 5.78. The molecular formula is C19H22N3S+. The van der Waals surface area contributed by atoms with Gasteiger partial charge in [0.1, 0.15) is 6.54 Å². The fourth-order valence-corrected chi connectivity index (χ4v) is 2.27. The zero-order chi connectivity index (χ0) is 16.5. The van der Waals surface area contributed by atoms with Crippen molar-refractivity contribution in [2.75, 3.05) is 25.5 Å². The van der Waals surface area contributed by atoms with Gasteiger partial charge in [-0.1, -0.05) is 24.3 Å². The summed E-state index contributed by atoms with van der Waals surface area (Å²) in [6.07, 6.45) is 9.42. The molecule has 0 unspecified atom stereocenters. The number of hydrogen-bond acceptors (Lipinski definition) is 3. The highest BCUT2D eigenvalue weighted by Crippen LogP contribution is 2.14. The number of aliphatic imine (C=N–C) groups is 1. The van der Waals surface area contributed by atoms with E-state index in [1.165, 1.54) is 16.8 Å². The Labute approximate surface area is 143 Å². The second-order valence-corrected chi connectivity index (χ2v) is 5.70. The van der Waals surface area contributed by atoms with Crippen LogP contribution in [0.15, 0.2) is 53.8 Å². The van der Waals surface area contributed by atoms with Crippen LogP contribution in [0.5, 0.6) is 0 Å². The van der Waals surface area contributed by atoms with Gasteiger partial charge in [0, 0.05) is 38.3 Å². The van der Waals surface area contributed by atoms with Gasteiger partial charge in [0.25, 0.3) is 0 Å². The van der Waals surface area contributed by atoms with Gasteiger partial charge < -0.3 is 4.90 Å². The van der Waals surface area contributed by atoms with E-state index in [9.17, 15) is 0 Å². The molecule has 23 heavy (non-hydrogen) atoms. The molecule has 0 fully saturated rings. The van der Waals surface area contributed by atoms with E-state index in [0.29, 0.717) is 0 Å². The Balaban J connectivity index is 1.93. The number of benzene rings is 1. The Bertz CT molecular complexity index is 682. The first kappa shape index (κ1) is 17.1. The normalized spacial score (nSPS) is 10.5. The Morgan fingerprint density at radius 1 is 1.04 bits per heavy atom. The van der Waals surface area contributed by atoms with Gasteiger partial charge in [-0.2, -0.15) is 0 Å². The lowest BCUT2D eigenvalue weighted by Crippen LogP contribution is -2.32. The van der Waals surface area contributed by atoms with Crippen LogP contribution >= 0.6 is 12.2 Å². The van der Waals surface area contributed by atoms with E-state index in [1.54, 1.807) is 0 Å². The summed E-state index contributed by atoms with van der Waals surface area (Å²) in [5.41, 5.74) is 3.60. The molecule has 118 valence electrons. The average molecular weight is 324 g/mol. The fourth-order valence-electron chi connectivity index (χ4n) is 2.18. The summed E-state index contributed by atoms with van der Waals surface area (Å²) in [5, 5.41) is 2.39. The first-order valence-corrected chi connectivity index (χ1v) is 8.08. The van der Waals surface area contributed by atoms with Gasteiger partial charge in [0.2, 0.25) is 0 Å². The number of nitrogens with zero attached hydrogens (tertiary/aromatic N) is 3. The van der Waals surface area contributed by atoms with Crippen molar-refractivity contribution >= 4 is 35.2 Å². The standard InChI is InChI=1S/C19H22N3S/c1-21(2)19-8-6-17(7-9-19)4-5-18-10-14-22(15-11-18)13-3-12-20-16-23/h4-11,14-15H,3,12-13H2,1-2H3/q+1. The number of thiocarbonyl (C=S) groups is 1. The second-order valence-electron chi connectivity index (χ2n) is 5.52. The average Bonchev–Trinajstić information content (AvgIpc) is 2.58. The molecule has 4 heteroatoms. The van der Waals surface area contributed by atoms with Crippen molar-refractivity contribution in [2.45, 2.75) is 13.0 Å². The summed E-state index contributed by atoms with van der Waals surface area (Å²) >= 11 is 4.55. The molecule has 1 aromatic carbocycles. The minimum absolute atomic E-state index is 0.737. The predicted octanol–water partition coefficient (Wildman–Crippen LogP) is 3.70. The fraction of sp³-hybridized carbons (Fsp3) is 0.263. The third-order valence-corrected chi connectivity index (χ3v) is 3.67. The molecule has 0 saturated heterocycles. The maximum absolute atomic E-state index is 4.55.